The highest BCUT2D eigenvalue weighted by Gasteiger charge is 2.28. The number of aryl methyl sites for hydroxylation is 2. The van der Waals surface area contributed by atoms with Gasteiger partial charge in [-0.25, -0.2) is 4.68 Å². The van der Waals surface area contributed by atoms with Crippen LogP contribution in [0.4, 0.5) is 5.69 Å². The number of aromatic nitrogens is 4. The predicted molar refractivity (Wildman–Crippen MR) is 118 cm³/mol. The standard InChI is InChI=1S/C23H29N5O3/c1-15-6-7-17(11-24-15)22-20(16(2)31-26-22)14-28-21(29)10-18(12-25-28)27-9-8-19(13-27)30-23(3,4)5/h6-7,10-12,19H,8-9,13-14H2,1-5H3. The predicted octanol–water partition coefficient (Wildman–Crippen LogP) is 3.35. The van der Waals surface area contributed by atoms with Gasteiger partial charge in [0.15, 0.2) is 0 Å². The van der Waals surface area contributed by atoms with E-state index in [9.17, 15) is 4.79 Å². The summed E-state index contributed by atoms with van der Waals surface area (Å²) in [6.07, 6.45) is 4.61. The van der Waals surface area contributed by atoms with Gasteiger partial charge in [-0.05, 0) is 53.2 Å². The van der Waals surface area contributed by atoms with Crippen molar-refractivity contribution in [1.29, 1.82) is 0 Å². The Morgan fingerprint density at radius 3 is 2.71 bits per heavy atom. The SMILES string of the molecule is Cc1ccc(-c2noc(C)c2Cn2ncc(N3CCC(OC(C)(C)C)C3)cc2=O)cn1. The highest BCUT2D eigenvalue weighted by molar-refractivity contribution is 5.62. The Kier molecular flexibility index (Phi) is 5.66. The van der Waals surface area contributed by atoms with E-state index in [1.165, 1.54) is 4.68 Å². The number of hydrogen-bond acceptors (Lipinski definition) is 7. The number of ether oxygens (including phenoxy) is 1. The molecule has 0 aromatic carbocycles. The molecule has 3 aromatic rings. The molecule has 8 nitrogen and oxygen atoms in total. The molecule has 0 bridgehead atoms. The maximum atomic E-state index is 12.8. The summed E-state index contributed by atoms with van der Waals surface area (Å²) in [5.41, 5.74) is 3.78. The van der Waals surface area contributed by atoms with Crippen molar-refractivity contribution in [3.05, 3.63) is 58.0 Å². The van der Waals surface area contributed by atoms with Crippen LogP contribution in [0.1, 0.15) is 44.2 Å². The third-order valence-corrected chi connectivity index (χ3v) is 5.36. The Labute approximate surface area is 181 Å². The Morgan fingerprint density at radius 1 is 1.23 bits per heavy atom. The minimum Gasteiger partial charge on any atom is -0.371 e. The molecule has 0 aliphatic carbocycles. The molecule has 4 rings (SSSR count). The van der Waals surface area contributed by atoms with Gasteiger partial charge in [-0.1, -0.05) is 5.16 Å². The Hall–Kier alpha value is -3.00. The molecule has 1 aliphatic heterocycles. The summed E-state index contributed by atoms with van der Waals surface area (Å²) < 4.78 is 12.9. The van der Waals surface area contributed by atoms with Crippen LogP contribution in [0.3, 0.4) is 0 Å². The fourth-order valence-corrected chi connectivity index (χ4v) is 3.84. The molecule has 0 radical (unpaired) electrons. The van der Waals surface area contributed by atoms with Gasteiger partial charge in [0.25, 0.3) is 5.56 Å². The maximum absolute atomic E-state index is 12.8. The molecule has 1 saturated heterocycles. The number of pyridine rings is 1. The molecule has 8 heteroatoms. The van der Waals surface area contributed by atoms with Crippen LogP contribution < -0.4 is 10.5 Å². The van der Waals surface area contributed by atoms with Crippen molar-refractivity contribution in [2.24, 2.45) is 0 Å². The third-order valence-electron chi connectivity index (χ3n) is 5.36. The second-order valence-electron chi connectivity index (χ2n) is 9.05. The van der Waals surface area contributed by atoms with E-state index >= 15 is 0 Å². The molecule has 1 fully saturated rings. The van der Waals surface area contributed by atoms with Gasteiger partial charge in [-0.15, -0.1) is 0 Å². The smallest absolute Gasteiger partial charge is 0.269 e. The normalized spacial score (nSPS) is 16.8. The maximum Gasteiger partial charge on any atom is 0.269 e. The molecular weight excluding hydrogens is 394 g/mol. The van der Waals surface area contributed by atoms with E-state index in [1.807, 2.05) is 26.0 Å². The van der Waals surface area contributed by atoms with Crippen molar-refractivity contribution in [2.75, 3.05) is 18.0 Å². The molecule has 0 amide bonds. The van der Waals surface area contributed by atoms with Crippen LogP contribution in [0.15, 0.2) is 39.9 Å². The first kappa shape index (κ1) is 21.2. The number of nitrogens with zero attached hydrogens (tertiary/aromatic N) is 5. The fraction of sp³-hybridized carbons (Fsp3) is 0.478. The van der Waals surface area contributed by atoms with E-state index in [-0.39, 0.29) is 23.8 Å². The van der Waals surface area contributed by atoms with Crippen LogP contribution in [0.5, 0.6) is 0 Å². The van der Waals surface area contributed by atoms with Crippen molar-refractivity contribution >= 4 is 5.69 Å². The van der Waals surface area contributed by atoms with E-state index in [4.69, 9.17) is 9.26 Å². The lowest BCUT2D eigenvalue weighted by atomic mass is 10.1. The summed E-state index contributed by atoms with van der Waals surface area (Å²) >= 11 is 0. The summed E-state index contributed by atoms with van der Waals surface area (Å²) in [6.45, 7) is 11.9. The molecule has 1 atom stereocenters. The lowest BCUT2D eigenvalue weighted by molar-refractivity contribution is -0.0492. The average Bonchev–Trinajstić information content (AvgIpc) is 3.30. The van der Waals surface area contributed by atoms with Gasteiger partial charge in [0.05, 0.1) is 30.1 Å². The highest BCUT2D eigenvalue weighted by atomic mass is 16.5. The quantitative estimate of drug-likeness (QED) is 0.622. The first-order valence-electron chi connectivity index (χ1n) is 10.6. The Bertz CT molecular complexity index is 1110. The van der Waals surface area contributed by atoms with E-state index in [0.717, 1.165) is 42.0 Å². The zero-order valence-electron chi connectivity index (χ0n) is 18.8. The van der Waals surface area contributed by atoms with Gasteiger partial charge in [0.2, 0.25) is 0 Å². The van der Waals surface area contributed by atoms with Crippen molar-refractivity contribution in [2.45, 2.75) is 59.3 Å². The van der Waals surface area contributed by atoms with Crippen LogP contribution >= 0.6 is 0 Å². The zero-order valence-corrected chi connectivity index (χ0v) is 18.8. The molecule has 3 aromatic heterocycles. The first-order chi connectivity index (χ1) is 14.7. The van der Waals surface area contributed by atoms with Crippen LogP contribution in [-0.2, 0) is 11.3 Å². The molecule has 0 spiro atoms. The Morgan fingerprint density at radius 2 is 2.03 bits per heavy atom. The number of hydrogen-bond donors (Lipinski definition) is 0. The van der Waals surface area contributed by atoms with Gasteiger partial charge < -0.3 is 14.2 Å². The van der Waals surface area contributed by atoms with Gasteiger partial charge in [-0.3, -0.25) is 9.78 Å². The van der Waals surface area contributed by atoms with Crippen LogP contribution in [-0.4, -0.2) is 44.7 Å². The number of rotatable bonds is 5. The van der Waals surface area contributed by atoms with Gasteiger partial charge in [0.1, 0.15) is 11.5 Å². The van der Waals surface area contributed by atoms with E-state index in [1.54, 1.807) is 18.5 Å². The zero-order chi connectivity index (χ0) is 22.2. The van der Waals surface area contributed by atoms with Gasteiger partial charge in [0, 0.05) is 42.2 Å². The summed E-state index contributed by atoms with van der Waals surface area (Å²) in [7, 11) is 0. The summed E-state index contributed by atoms with van der Waals surface area (Å²) in [5.74, 6) is 0.662. The van der Waals surface area contributed by atoms with Gasteiger partial charge >= 0.3 is 0 Å². The van der Waals surface area contributed by atoms with E-state index < -0.39 is 0 Å². The summed E-state index contributed by atoms with van der Waals surface area (Å²) in [6, 6.07) is 5.52. The lowest BCUT2D eigenvalue weighted by Crippen LogP contribution is -2.31. The molecule has 31 heavy (non-hydrogen) atoms. The molecule has 1 unspecified atom stereocenters. The molecular formula is C23H29N5O3. The molecule has 4 heterocycles. The largest absolute Gasteiger partial charge is 0.371 e. The minimum atomic E-state index is -0.177. The van der Waals surface area contributed by atoms with Crippen LogP contribution in [0.25, 0.3) is 11.3 Å². The van der Waals surface area contributed by atoms with Crippen molar-refractivity contribution in [1.82, 2.24) is 19.9 Å². The molecule has 0 saturated carbocycles. The molecule has 1 aliphatic rings. The average molecular weight is 424 g/mol. The second kappa shape index (κ2) is 8.26. The van der Waals surface area contributed by atoms with Crippen molar-refractivity contribution < 1.29 is 9.26 Å². The van der Waals surface area contributed by atoms with Crippen LogP contribution in [0, 0.1) is 13.8 Å². The highest BCUT2D eigenvalue weighted by Crippen LogP contribution is 2.26. The van der Waals surface area contributed by atoms with E-state index in [0.29, 0.717) is 11.5 Å². The van der Waals surface area contributed by atoms with Crippen LogP contribution in [0.2, 0.25) is 0 Å². The number of anilines is 1. The second-order valence-corrected chi connectivity index (χ2v) is 9.05. The minimum absolute atomic E-state index is 0.160. The monoisotopic (exact) mass is 423 g/mol. The van der Waals surface area contributed by atoms with Crippen molar-refractivity contribution in [3.63, 3.8) is 0 Å². The summed E-state index contributed by atoms with van der Waals surface area (Å²) in [4.78, 5) is 19.3. The van der Waals surface area contributed by atoms with Gasteiger partial charge in [-0.2, -0.15) is 5.10 Å². The molecule has 164 valence electrons. The Balaban J connectivity index is 1.52. The first-order valence-corrected chi connectivity index (χ1v) is 10.6. The third kappa shape index (κ3) is 4.85. The van der Waals surface area contributed by atoms with E-state index in [2.05, 4.69) is 40.9 Å². The van der Waals surface area contributed by atoms with Crippen molar-refractivity contribution in [3.8, 4) is 11.3 Å². The summed E-state index contributed by atoms with van der Waals surface area (Å²) in [5, 5.41) is 8.60. The molecule has 0 N–H and O–H groups in total. The lowest BCUT2D eigenvalue weighted by Gasteiger charge is -2.25. The topological polar surface area (TPSA) is 86.3 Å². The fourth-order valence-electron chi connectivity index (χ4n) is 3.84.